The van der Waals surface area contributed by atoms with E-state index < -0.39 is 6.29 Å². The molecule has 0 aromatic heterocycles. The van der Waals surface area contributed by atoms with Gasteiger partial charge in [-0.25, -0.2) is 0 Å². The number of nitrogens with zero attached hydrogens (tertiary/aromatic N) is 1. The van der Waals surface area contributed by atoms with Crippen LogP contribution in [-0.2, 0) is 0 Å². The van der Waals surface area contributed by atoms with Gasteiger partial charge in [0.2, 0.25) is 0 Å². The summed E-state index contributed by atoms with van der Waals surface area (Å²) in [7, 11) is 0. The molecular formula is C15H18F2N2O2. The summed E-state index contributed by atoms with van der Waals surface area (Å²) in [6, 6.07) is 6.88. The Morgan fingerprint density at radius 3 is 2.67 bits per heavy atom. The number of nitrogens with one attached hydrogen (secondary N) is 1. The van der Waals surface area contributed by atoms with E-state index in [9.17, 15) is 8.78 Å². The molecule has 0 unspecified atom stereocenters. The number of fused-ring (bicyclic) bond motifs is 1. The van der Waals surface area contributed by atoms with E-state index in [0.29, 0.717) is 12.2 Å². The predicted octanol–water partition coefficient (Wildman–Crippen LogP) is 4.14. The summed E-state index contributed by atoms with van der Waals surface area (Å²) in [5, 5.41) is 12.1. The monoisotopic (exact) mass is 296 g/mol. The molecule has 6 heteroatoms. The standard InChI is InChI=1S/C15H18F2N2O2/c1-14(2,10-18)7-3-4-8-19-11-5-6-12-13(9-11)21-15(16,17)20-12/h5-6,9,19H,3-4,7-8H2,1-2H3. The van der Waals surface area contributed by atoms with E-state index in [4.69, 9.17) is 5.26 Å². The zero-order valence-corrected chi connectivity index (χ0v) is 12.1. The normalized spacial score (nSPS) is 15.6. The summed E-state index contributed by atoms with van der Waals surface area (Å²) in [6.07, 6.45) is -0.922. The van der Waals surface area contributed by atoms with Crippen molar-refractivity contribution in [2.45, 2.75) is 39.4 Å². The van der Waals surface area contributed by atoms with E-state index in [1.807, 2.05) is 13.8 Å². The molecule has 1 aromatic carbocycles. The fraction of sp³-hybridized carbons (Fsp3) is 0.533. The van der Waals surface area contributed by atoms with Crippen LogP contribution in [0.15, 0.2) is 18.2 Å². The summed E-state index contributed by atoms with van der Waals surface area (Å²) >= 11 is 0. The Labute approximate surface area is 122 Å². The number of benzene rings is 1. The maximum absolute atomic E-state index is 12.9. The highest BCUT2D eigenvalue weighted by molar-refractivity contribution is 5.55. The van der Waals surface area contributed by atoms with Gasteiger partial charge in [0, 0.05) is 18.3 Å². The van der Waals surface area contributed by atoms with Gasteiger partial charge in [0.25, 0.3) is 0 Å². The van der Waals surface area contributed by atoms with Crippen LogP contribution in [-0.4, -0.2) is 12.8 Å². The van der Waals surface area contributed by atoms with E-state index in [-0.39, 0.29) is 16.9 Å². The van der Waals surface area contributed by atoms with Crippen LogP contribution in [0.5, 0.6) is 11.5 Å². The van der Waals surface area contributed by atoms with Crippen molar-refractivity contribution in [3.8, 4) is 17.6 Å². The molecule has 0 saturated carbocycles. The molecule has 0 bridgehead atoms. The first kappa shape index (κ1) is 15.4. The lowest BCUT2D eigenvalue weighted by molar-refractivity contribution is -0.286. The number of hydrogen-bond acceptors (Lipinski definition) is 4. The Balaban J connectivity index is 1.77. The van der Waals surface area contributed by atoms with Gasteiger partial charge in [-0.1, -0.05) is 6.42 Å². The lowest BCUT2D eigenvalue weighted by atomic mass is 9.89. The molecule has 1 aliphatic heterocycles. The molecule has 4 nitrogen and oxygen atoms in total. The minimum Gasteiger partial charge on any atom is -0.395 e. The summed E-state index contributed by atoms with van der Waals surface area (Å²) in [5.41, 5.74) is 0.402. The van der Waals surface area contributed by atoms with Crippen LogP contribution >= 0.6 is 0 Å². The number of unbranched alkanes of at least 4 members (excludes halogenated alkanes) is 1. The van der Waals surface area contributed by atoms with Crippen LogP contribution in [0.25, 0.3) is 0 Å². The number of ether oxygens (including phenoxy) is 2. The maximum atomic E-state index is 12.9. The number of halogens is 2. The minimum atomic E-state index is -3.58. The van der Waals surface area contributed by atoms with Crippen molar-refractivity contribution in [2.75, 3.05) is 11.9 Å². The molecule has 0 radical (unpaired) electrons. The quantitative estimate of drug-likeness (QED) is 0.802. The Kier molecular flexibility index (Phi) is 4.21. The molecule has 2 rings (SSSR count). The third-order valence-corrected chi connectivity index (χ3v) is 3.26. The Morgan fingerprint density at radius 2 is 1.95 bits per heavy atom. The molecule has 0 fully saturated rings. The molecule has 0 saturated heterocycles. The largest absolute Gasteiger partial charge is 0.586 e. The molecule has 1 aromatic rings. The van der Waals surface area contributed by atoms with Crippen molar-refractivity contribution < 1.29 is 18.3 Å². The van der Waals surface area contributed by atoms with Crippen LogP contribution in [0.2, 0.25) is 0 Å². The number of hydrogen-bond donors (Lipinski definition) is 1. The second-order valence-electron chi connectivity index (χ2n) is 5.71. The SMILES string of the molecule is CC(C)(C#N)CCCCNc1ccc2c(c1)OC(F)(F)O2. The summed E-state index contributed by atoms with van der Waals surface area (Å²) in [5.74, 6) is 0.0805. The number of alkyl halides is 2. The fourth-order valence-corrected chi connectivity index (χ4v) is 2.04. The first-order chi connectivity index (χ1) is 9.81. The van der Waals surface area contributed by atoms with E-state index in [0.717, 1.165) is 19.3 Å². The van der Waals surface area contributed by atoms with Gasteiger partial charge in [-0.15, -0.1) is 8.78 Å². The average Bonchev–Trinajstić information content (AvgIpc) is 2.71. The van der Waals surface area contributed by atoms with Gasteiger partial charge in [0.15, 0.2) is 11.5 Å². The Bertz CT molecular complexity index is 553. The highest BCUT2D eigenvalue weighted by Crippen LogP contribution is 2.42. The van der Waals surface area contributed by atoms with Gasteiger partial charge in [-0.2, -0.15) is 5.26 Å². The molecular weight excluding hydrogens is 278 g/mol. The van der Waals surface area contributed by atoms with Gasteiger partial charge in [0.05, 0.1) is 11.5 Å². The summed E-state index contributed by atoms with van der Waals surface area (Å²) < 4.78 is 34.5. The van der Waals surface area contributed by atoms with E-state index in [1.165, 1.54) is 12.1 Å². The van der Waals surface area contributed by atoms with Gasteiger partial charge in [-0.05, 0) is 38.8 Å². The molecule has 0 amide bonds. The summed E-state index contributed by atoms with van der Waals surface area (Å²) in [4.78, 5) is 0. The molecule has 1 aliphatic rings. The van der Waals surface area contributed by atoms with Crippen LogP contribution < -0.4 is 14.8 Å². The van der Waals surface area contributed by atoms with Crippen molar-refractivity contribution in [3.05, 3.63) is 18.2 Å². The van der Waals surface area contributed by atoms with Crippen LogP contribution in [0.3, 0.4) is 0 Å². The van der Waals surface area contributed by atoms with E-state index in [2.05, 4.69) is 20.9 Å². The topological polar surface area (TPSA) is 54.3 Å². The second-order valence-corrected chi connectivity index (χ2v) is 5.71. The van der Waals surface area contributed by atoms with Crippen molar-refractivity contribution in [1.82, 2.24) is 0 Å². The van der Waals surface area contributed by atoms with Crippen molar-refractivity contribution >= 4 is 5.69 Å². The average molecular weight is 296 g/mol. The Morgan fingerprint density at radius 1 is 1.24 bits per heavy atom. The highest BCUT2D eigenvalue weighted by atomic mass is 19.3. The van der Waals surface area contributed by atoms with Crippen LogP contribution in [0.1, 0.15) is 33.1 Å². The molecule has 0 spiro atoms. The molecule has 114 valence electrons. The lowest BCUT2D eigenvalue weighted by Crippen LogP contribution is -2.25. The van der Waals surface area contributed by atoms with Gasteiger partial charge >= 0.3 is 6.29 Å². The Hall–Kier alpha value is -2.03. The molecule has 1 N–H and O–H groups in total. The zero-order valence-electron chi connectivity index (χ0n) is 12.1. The zero-order chi connectivity index (χ0) is 15.5. The van der Waals surface area contributed by atoms with Crippen molar-refractivity contribution in [1.29, 1.82) is 5.26 Å². The molecule has 0 aliphatic carbocycles. The minimum absolute atomic E-state index is 0.0376. The summed E-state index contributed by atoms with van der Waals surface area (Å²) in [6.45, 7) is 4.54. The van der Waals surface area contributed by atoms with Crippen molar-refractivity contribution in [2.24, 2.45) is 5.41 Å². The molecule has 0 atom stereocenters. The number of rotatable bonds is 6. The second kappa shape index (κ2) is 5.76. The van der Waals surface area contributed by atoms with Gasteiger partial charge in [0.1, 0.15) is 0 Å². The molecule has 1 heterocycles. The van der Waals surface area contributed by atoms with Gasteiger partial charge in [-0.3, -0.25) is 0 Å². The smallest absolute Gasteiger partial charge is 0.395 e. The van der Waals surface area contributed by atoms with Crippen LogP contribution in [0, 0.1) is 16.7 Å². The van der Waals surface area contributed by atoms with Crippen molar-refractivity contribution in [3.63, 3.8) is 0 Å². The number of nitriles is 1. The first-order valence-electron chi connectivity index (χ1n) is 6.86. The van der Waals surface area contributed by atoms with Gasteiger partial charge < -0.3 is 14.8 Å². The highest BCUT2D eigenvalue weighted by Gasteiger charge is 2.43. The molecule has 21 heavy (non-hydrogen) atoms. The first-order valence-corrected chi connectivity index (χ1v) is 6.86. The number of anilines is 1. The predicted molar refractivity (Wildman–Crippen MR) is 74.4 cm³/mol. The van der Waals surface area contributed by atoms with E-state index in [1.54, 1.807) is 6.07 Å². The maximum Gasteiger partial charge on any atom is 0.586 e. The third-order valence-electron chi connectivity index (χ3n) is 3.26. The fourth-order valence-electron chi connectivity index (χ4n) is 2.04. The lowest BCUT2D eigenvalue weighted by Gasteiger charge is -2.14. The van der Waals surface area contributed by atoms with E-state index >= 15 is 0 Å². The third kappa shape index (κ3) is 4.22. The van der Waals surface area contributed by atoms with Crippen LogP contribution in [0.4, 0.5) is 14.5 Å².